The van der Waals surface area contributed by atoms with Gasteiger partial charge >= 0.3 is 5.92 Å². The molecule has 2 fully saturated rings. The third-order valence-corrected chi connectivity index (χ3v) is 6.35. The van der Waals surface area contributed by atoms with Crippen LogP contribution >= 0.6 is 11.6 Å². The lowest BCUT2D eigenvalue weighted by Crippen LogP contribution is -2.52. The van der Waals surface area contributed by atoms with Crippen LogP contribution in [0.3, 0.4) is 0 Å². The first-order valence-corrected chi connectivity index (χ1v) is 10.5. The van der Waals surface area contributed by atoms with Crippen LogP contribution in [0.25, 0.3) is 0 Å². The molecule has 5 nitrogen and oxygen atoms in total. The second kappa shape index (κ2) is 8.57. The van der Waals surface area contributed by atoms with Gasteiger partial charge in [0.15, 0.2) is 17.5 Å². The molecule has 2 aromatic carbocycles. The number of carbonyl (C=O) groups excluding carboxylic acids is 2. The van der Waals surface area contributed by atoms with Crippen molar-refractivity contribution in [1.29, 1.82) is 0 Å². The van der Waals surface area contributed by atoms with Gasteiger partial charge in [0.2, 0.25) is 0 Å². The van der Waals surface area contributed by atoms with Crippen molar-refractivity contribution in [1.82, 2.24) is 4.90 Å². The number of alkyl halides is 2. The van der Waals surface area contributed by atoms with Crippen LogP contribution in [0.5, 0.6) is 0 Å². The minimum absolute atomic E-state index is 0.208. The fraction of sp³-hybridized carbons (Fsp3) is 0.364. The highest BCUT2D eigenvalue weighted by atomic mass is 35.5. The van der Waals surface area contributed by atoms with Gasteiger partial charge < -0.3 is 15.3 Å². The Morgan fingerprint density at radius 2 is 1.61 bits per heavy atom. The van der Waals surface area contributed by atoms with Crippen LogP contribution in [0.4, 0.5) is 27.6 Å². The van der Waals surface area contributed by atoms with Gasteiger partial charge in [0, 0.05) is 35.5 Å². The van der Waals surface area contributed by atoms with Gasteiger partial charge in [-0.1, -0.05) is 11.6 Å². The Bertz CT molecular complexity index is 1090. The summed E-state index contributed by atoms with van der Waals surface area (Å²) < 4.78 is 70.4. The largest absolute Gasteiger partial charge is 0.393 e. The normalized spacial score (nSPS) is 22.4. The maximum Gasteiger partial charge on any atom is 0.351 e. The molecule has 2 aromatic rings. The lowest BCUT2D eigenvalue weighted by Gasteiger charge is -2.39. The van der Waals surface area contributed by atoms with Crippen molar-refractivity contribution in [2.24, 2.45) is 0 Å². The molecule has 2 unspecified atom stereocenters. The number of piperidine rings is 1. The minimum Gasteiger partial charge on any atom is -0.393 e. The van der Waals surface area contributed by atoms with Gasteiger partial charge in [-0.3, -0.25) is 9.59 Å². The van der Waals surface area contributed by atoms with Gasteiger partial charge in [-0.2, -0.15) is 8.78 Å². The molecular weight excluding hydrogens is 471 g/mol. The predicted octanol–water partition coefficient (Wildman–Crippen LogP) is 4.62. The van der Waals surface area contributed by atoms with E-state index >= 15 is 8.78 Å². The average molecular weight is 489 g/mol. The van der Waals surface area contributed by atoms with E-state index in [1.54, 1.807) is 0 Å². The quantitative estimate of drug-likeness (QED) is 0.487. The SMILES string of the molecule is O=C(Nc1cc(F)c(F)c(F)c1)c1ccc(Cl)c(C(F)(F)C(=O)N2C3CCC2CC(O)C3)c1. The molecule has 0 aromatic heterocycles. The molecule has 2 heterocycles. The first-order valence-electron chi connectivity index (χ1n) is 10.1. The second-order valence-electron chi connectivity index (χ2n) is 8.20. The number of aliphatic hydroxyl groups excluding tert-OH is 1. The molecule has 11 heteroatoms. The van der Waals surface area contributed by atoms with Gasteiger partial charge in [-0.05, 0) is 43.9 Å². The molecule has 0 radical (unpaired) electrons. The summed E-state index contributed by atoms with van der Waals surface area (Å²) in [6.45, 7) is 0. The Morgan fingerprint density at radius 3 is 2.18 bits per heavy atom. The summed E-state index contributed by atoms with van der Waals surface area (Å²) in [4.78, 5) is 26.4. The smallest absolute Gasteiger partial charge is 0.351 e. The van der Waals surface area contributed by atoms with E-state index in [1.807, 2.05) is 0 Å². The number of carbonyl (C=O) groups is 2. The van der Waals surface area contributed by atoms with Gasteiger partial charge in [0.05, 0.1) is 16.7 Å². The summed E-state index contributed by atoms with van der Waals surface area (Å²) in [6, 6.07) is 2.88. The molecule has 2 bridgehead atoms. The van der Waals surface area contributed by atoms with Gasteiger partial charge in [0.25, 0.3) is 11.8 Å². The number of fused-ring (bicyclic) bond motifs is 2. The van der Waals surface area contributed by atoms with Gasteiger partial charge in [-0.25, -0.2) is 13.2 Å². The zero-order chi connectivity index (χ0) is 24.1. The van der Waals surface area contributed by atoms with E-state index in [0.29, 0.717) is 25.0 Å². The predicted molar refractivity (Wildman–Crippen MR) is 109 cm³/mol. The van der Waals surface area contributed by atoms with Crippen molar-refractivity contribution in [3.05, 3.63) is 63.9 Å². The Labute approximate surface area is 190 Å². The number of nitrogens with zero attached hydrogens (tertiary/aromatic N) is 1. The van der Waals surface area contributed by atoms with Crippen molar-refractivity contribution in [2.75, 3.05) is 5.32 Å². The molecular formula is C22H18ClF5N2O3. The van der Waals surface area contributed by atoms with Crippen LogP contribution in [0.2, 0.25) is 5.02 Å². The van der Waals surface area contributed by atoms with Crippen LogP contribution in [0.1, 0.15) is 41.6 Å². The number of anilines is 1. The molecule has 2 amide bonds. The fourth-order valence-corrected chi connectivity index (χ4v) is 4.73. The van der Waals surface area contributed by atoms with E-state index in [2.05, 4.69) is 5.32 Å². The monoisotopic (exact) mass is 488 g/mol. The highest BCUT2D eigenvalue weighted by molar-refractivity contribution is 6.32. The third-order valence-electron chi connectivity index (χ3n) is 6.02. The zero-order valence-corrected chi connectivity index (χ0v) is 17.7. The number of hydrogen-bond donors (Lipinski definition) is 2. The molecule has 2 aliphatic rings. The third kappa shape index (κ3) is 4.29. The molecule has 2 aliphatic heterocycles. The number of halogens is 6. The number of rotatable bonds is 4. The Hall–Kier alpha value is -2.72. The van der Waals surface area contributed by atoms with Gasteiger partial charge in [-0.15, -0.1) is 0 Å². The van der Waals surface area contributed by atoms with Crippen molar-refractivity contribution < 1.29 is 36.6 Å². The first-order chi connectivity index (χ1) is 15.5. The Morgan fingerprint density at radius 1 is 1.03 bits per heavy atom. The molecule has 4 rings (SSSR count). The van der Waals surface area contributed by atoms with Crippen molar-refractivity contribution >= 4 is 29.1 Å². The summed E-state index contributed by atoms with van der Waals surface area (Å²) >= 11 is 5.94. The molecule has 33 heavy (non-hydrogen) atoms. The van der Waals surface area contributed by atoms with Crippen LogP contribution in [-0.4, -0.2) is 40.0 Å². The number of benzene rings is 2. The zero-order valence-electron chi connectivity index (χ0n) is 16.9. The lowest BCUT2D eigenvalue weighted by atomic mass is 9.97. The minimum atomic E-state index is -4.06. The molecule has 2 saturated heterocycles. The number of hydrogen-bond acceptors (Lipinski definition) is 3. The summed E-state index contributed by atoms with van der Waals surface area (Å²) in [5.41, 5.74) is -1.69. The number of amides is 2. The average Bonchev–Trinajstić information content (AvgIpc) is 3.02. The molecule has 176 valence electrons. The van der Waals surface area contributed by atoms with E-state index in [0.717, 1.165) is 23.1 Å². The number of nitrogens with one attached hydrogen (secondary N) is 1. The fourth-order valence-electron chi connectivity index (χ4n) is 4.50. The number of aliphatic hydroxyl groups is 1. The maximum absolute atomic E-state index is 15.3. The standard InChI is InChI=1S/C22H18ClF5N2O3/c23-16-4-1-10(20(32)29-11-6-17(24)19(26)18(25)7-11)5-15(16)22(27,28)21(33)30-12-2-3-13(30)9-14(31)8-12/h1,4-7,12-14,31H,2-3,8-9H2,(H,29,32). The molecule has 0 saturated carbocycles. The van der Waals surface area contributed by atoms with Crippen molar-refractivity contribution in [2.45, 2.75) is 49.8 Å². The molecule has 2 N–H and O–H groups in total. The highest BCUT2D eigenvalue weighted by Gasteiger charge is 2.52. The van der Waals surface area contributed by atoms with Crippen LogP contribution in [0, 0.1) is 17.5 Å². The molecule has 0 aliphatic carbocycles. The van der Waals surface area contributed by atoms with Crippen molar-refractivity contribution in [3.8, 4) is 0 Å². The summed E-state index contributed by atoms with van der Waals surface area (Å²) in [5, 5.41) is 11.5. The Balaban J connectivity index is 1.60. The Kier molecular flexibility index (Phi) is 6.09. The molecule has 2 atom stereocenters. The van der Waals surface area contributed by atoms with Crippen LogP contribution in [-0.2, 0) is 10.7 Å². The first kappa shape index (κ1) is 23.4. The van der Waals surface area contributed by atoms with E-state index < -0.39 is 69.6 Å². The van der Waals surface area contributed by atoms with Crippen LogP contribution < -0.4 is 5.32 Å². The summed E-state index contributed by atoms with van der Waals surface area (Å²) in [5.74, 6) is -11.4. The summed E-state index contributed by atoms with van der Waals surface area (Å²) in [7, 11) is 0. The van der Waals surface area contributed by atoms with Crippen molar-refractivity contribution in [3.63, 3.8) is 0 Å². The second-order valence-corrected chi connectivity index (χ2v) is 8.61. The van der Waals surface area contributed by atoms with Crippen LogP contribution in [0.15, 0.2) is 30.3 Å². The van der Waals surface area contributed by atoms with E-state index in [1.165, 1.54) is 0 Å². The lowest BCUT2D eigenvalue weighted by molar-refractivity contribution is -0.165. The topological polar surface area (TPSA) is 69.6 Å². The maximum atomic E-state index is 15.3. The molecule has 0 spiro atoms. The van der Waals surface area contributed by atoms with E-state index in [-0.39, 0.29) is 18.4 Å². The highest BCUT2D eigenvalue weighted by Crippen LogP contribution is 2.42. The summed E-state index contributed by atoms with van der Waals surface area (Å²) in [6.07, 6.45) is 0.769. The van der Waals surface area contributed by atoms with E-state index in [4.69, 9.17) is 11.6 Å². The van der Waals surface area contributed by atoms with E-state index in [9.17, 15) is 27.9 Å². The van der Waals surface area contributed by atoms with Gasteiger partial charge in [0.1, 0.15) is 0 Å².